The first kappa shape index (κ1) is 22.7. The molecule has 0 saturated heterocycles. The molecular formula is C19H23N3O5S2. The first-order chi connectivity index (χ1) is 13.8. The summed E-state index contributed by atoms with van der Waals surface area (Å²) in [6.07, 6.45) is 3.47. The van der Waals surface area contributed by atoms with Gasteiger partial charge in [-0.1, -0.05) is 12.1 Å². The molecule has 8 nitrogen and oxygen atoms in total. The fraction of sp³-hybridized carbons (Fsp3) is 0.263. The number of benzene rings is 2. The van der Waals surface area contributed by atoms with Crippen molar-refractivity contribution in [2.75, 3.05) is 34.1 Å². The van der Waals surface area contributed by atoms with E-state index in [9.17, 15) is 13.2 Å². The highest BCUT2D eigenvalue weighted by atomic mass is 32.2. The SMILES string of the molecule is COc1ccc(OC)c(S(=O)(=O)N(C)CC(=O)NN=Cc2ccc(SC)cc2)c1. The van der Waals surface area contributed by atoms with Crippen LogP contribution < -0.4 is 14.9 Å². The minimum absolute atomic E-state index is 0.0907. The van der Waals surface area contributed by atoms with Crippen molar-refractivity contribution >= 4 is 33.9 Å². The van der Waals surface area contributed by atoms with E-state index in [1.54, 1.807) is 17.8 Å². The molecule has 2 aromatic rings. The molecule has 0 radical (unpaired) electrons. The standard InChI is InChI=1S/C19H23N3O5S2/c1-22(29(24,25)18-11-15(26-2)7-10-17(18)27-3)13-19(23)21-20-12-14-5-8-16(28-4)9-6-14/h5-12H,13H2,1-4H3,(H,21,23). The van der Waals surface area contributed by atoms with Gasteiger partial charge in [0.15, 0.2) is 0 Å². The quantitative estimate of drug-likeness (QED) is 0.367. The second-order valence-corrected chi connectivity index (χ2v) is 8.74. The van der Waals surface area contributed by atoms with Gasteiger partial charge in [-0.3, -0.25) is 4.79 Å². The van der Waals surface area contributed by atoms with Crippen LogP contribution in [0.15, 0.2) is 57.4 Å². The van der Waals surface area contributed by atoms with Crippen molar-refractivity contribution < 1.29 is 22.7 Å². The zero-order chi connectivity index (χ0) is 21.4. The Labute approximate surface area is 174 Å². The number of hydrogen-bond acceptors (Lipinski definition) is 7. The third-order valence-corrected chi connectivity index (χ3v) is 6.51. The molecule has 0 atom stereocenters. The number of carbonyl (C=O) groups is 1. The largest absolute Gasteiger partial charge is 0.497 e. The average Bonchev–Trinajstić information content (AvgIpc) is 2.73. The summed E-state index contributed by atoms with van der Waals surface area (Å²) in [5.74, 6) is -0.0565. The topological polar surface area (TPSA) is 97.3 Å². The lowest BCUT2D eigenvalue weighted by molar-refractivity contribution is -0.121. The Morgan fingerprint density at radius 2 is 1.86 bits per heavy atom. The number of nitrogens with one attached hydrogen (secondary N) is 1. The van der Waals surface area contributed by atoms with Crippen molar-refractivity contribution in [3.8, 4) is 11.5 Å². The van der Waals surface area contributed by atoms with E-state index < -0.39 is 22.5 Å². The molecule has 0 aromatic heterocycles. The van der Waals surface area contributed by atoms with E-state index in [0.717, 1.165) is 14.8 Å². The Balaban J connectivity index is 2.05. The van der Waals surface area contributed by atoms with Gasteiger partial charge in [0.1, 0.15) is 16.4 Å². The molecule has 2 aromatic carbocycles. The van der Waals surface area contributed by atoms with Crippen molar-refractivity contribution in [3.63, 3.8) is 0 Å². The number of amides is 1. The predicted octanol–water partition coefficient (Wildman–Crippen LogP) is 2.20. The van der Waals surface area contributed by atoms with Crippen LogP contribution in [0.5, 0.6) is 11.5 Å². The number of sulfonamides is 1. The third-order valence-electron chi connectivity index (χ3n) is 3.94. The number of carbonyl (C=O) groups excluding carboxylic acids is 1. The number of rotatable bonds is 9. The van der Waals surface area contributed by atoms with Gasteiger partial charge < -0.3 is 9.47 Å². The maximum atomic E-state index is 12.8. The van der Waals surface area contributed by atoms with Gasteiger partial charge in [0.05, 0.1) is 27.0 Å². The fourth-order valence-corrected chi connectivity index (χ4v) is 4.05. The fourth-order valence-electron chi connectivity index (χ4n) is 2.34. The molecule has 1 amide bonds. The van der Waals surface area contributed by atoms with E-state index in [1.807, 2.05) is 30.5 Å². The number of thioether (sulfide) groups is 1. The zero-order valence-corrected chi connectivity index (χ0v) is 18.2. The number of hydrazone groups is 1. The maximum Gasteiger partial charge on any atom is 0.255 e. The molecule has 1 N–H and O–H groups in total. The van der Waals surface area contributed by atoms with Crippen LogP contribution in [-0.2, 0) is 14.8 Å². The summed E-state index contributed by atoms with van der Waals surface area (Å²) in [6, 6.07) is 12.0. The molecule has 0 saturated carbocycles. The first-order valence-electron chi connectivity index (χ1n) is 8.46. The van der Waals surface area contributed by atoms with Crippen LogP contribution in [0.4, 0.5) is 0 Å². The Morgan fingerprint density at radius 3 is 2.45 bits per heavy atom. The van der Waals surface area contributed by atoms with Crippen molar-refractivity contribution in [1.82, 2.24) is 9.73 Å². The lowest BCUT2D eigenvalue weighted by Gasteiger charge is -2.18. The van der Waals surface area contributed by atoms with Gasteiger partial charge in [0.2, 0.25) is 10.0 Å². The molecule has 0 spiro atoms. The summed E-state index contributed by atoms with van der Waals surface area (Å²) in [4.78, 5) is 13.1. The molecular weight excluding hydrogens is 414 g/mol. The monoisotopic (exact) mass is 437 g/mol. The van der Waals surface area contributed by atoms with E-state index >= 15 is 0 Å². The second-order valence-electron chi connectivity index (χ2n) is 5.84. The zero-order valence-electron chi connectivity index (χ0n) is 16.6. The van der Waals surface area contributed by atoms with Crippen LogP contribution in [0, 0.1) is 0 Å². The van der Waals surface area contributed by atoms with Gasteiger partial charge in [-0.15, -0.1) is 11.8 Å². The molecule has 10 heteroatoms. The van der Waals surface area contributed by atoms with Crippen LogP contribution in [0.1, 0.15) is 5.56 Å². The van der Waals surface area contributed by atoms with E-state index in [2.05, 4.69) is 10.5 Å². The van der Waals surface area contributed by atoms with E-state index in [-0.39, 0.29) is 10.6 Å². The number of likely N-dealkylation sites (N-methyl/N-ethyl adjacent to an activating group) is 1. The molecule has 0 aliphatic heterocycles. The molecule has 0 aliphatic rings. The van der Waals surface area contributed by atoms with Crippen molar-refractivity contribution in [3.05, 3.63) is 48.0 Å². The Hall–Kier alpha value is -2.56. The number of hydrogen-bond donors (Lipinski definition) is 1. The predicted molar refractivity (Wildman–Crippen MR) is 113 cm³/mol. The Bertz CT molecular complexity index is 976. The van der Waals surface area contributed by atoms with Gasteiger partial charge in [0.25, 0.3) is 5.91 Å². The smallest absolute Gasteiger partial charge is 0.255 e. The van der Waals surface area contributed by atoms with Gasteiger partial charge in [0, 0.05) is 18.0 Å². The summed E-state index contributed by atoms with van der Waals surface area (Å²) in [5, 5.41) is 3.87. The number of ether oxygens (including phenoxy) is 2. The summed E-state index contributed by atoms with van der Waals surface area (Å²) >= 11 is 1.62. The normalized spacial score (nSPS) is 11.6. The molecule has 2 rings (SSSR count). The van der Waals surface area contributed by atoms with Crippen molar-refractivity contribution in [2.24, 2.45) is 5.10 Å². The second kappa shape index (κ2) is 10.3. The lowest BCUT2D eigenvalue weighted by atomic mass is 10.2. The molecule has 0 unspecified atom stereocenters. The minimum atomic E-state index is -3.98. The number of methoxy groups -OCH3 is 2. The Kier molecular flexibility index (Phi) is 8.06. The Morgan fingerprint density at radius 1 is 1.17 bits per heavy atom. The third kappa shape index (κ3) is 5.96. The summed E-state index contributed by atoms with van der Waals surface area (Å²) in [7, 11) is 0.125. The summed E-state index contributed by atoms with van der Waals surface area (Å²) in [5.41, 5.74) is 3.14. The lowest BCUT2D eigenvalue weighted by Crippen LogP contribution is -2.36. The van der Waals surface area contributed by atoms with Gasteiger partial charge in [-0.2, -0.15) is 9.41 Å². The highest BCUT2D eigenvalue weighted by Gasteiger charge is 2.27. The van der Waals surface area contributed by atoms with Gasteiger partial charge in [-0.25, -0.2) is 13.8 Å². The van der Waals surface area contributed by atoms with Gasteiger partial charge in [-0.05, 0) is 36.1 Å². The molecule has 0 aliphatic carbocycles. The van der Waals surface area contributed by atoms with Crippen LogP contribution in [0.2, 0.25) is 0 Å². The van der Waals surface area contributed by atoms with Crippen molar-refractivity contribution in [1.29, 1.82) is 0 Å². The number of nitrogens with zero attached hydrogens (tertiary/aromatic N) is 2. The highest BCUT2D eigenvalue weighted by molar-refractivity contribution is 7.98. The van der Waals surface area contributed by atoms with Crippen LogP contribution >= 0.6 is 11.8 Å². The minimum Gasteiger partial charge on any atom is -0.497 e. The molecule has 0 bridgehead atoms. The van der Waals surface area contributed by atoms with E-state index in [4.69, 9.17) is 9.47 Å². The highest BCUT2D eigenvalue weighted by Crippen LogP contribution is 2.30. The summed E-state index contributed by atoms with van der Waals surface area (Å²) < 4.78 is 36.8. The van der Waals surface area contributed by atoms with E-state index in [1.165, 1.54) is 39.6 Å². The van der Waals surface area contributed by atoms with Crippen molar-refractivity contribution in [2.45, 2.75) is 9.79 Å². The summed E-state index contributed by atoms with van der Waals surface area (Å²) in [6.45, 7) is -0.411. The van der Waals surface area contributed by atoms with Crippen LogP contribution in [-0.4, -0.2) is 58.9 Å². The van der Waals surface area contributed by atoms with Crippen LogP contribution in [0.3, 0.4) is 0 Å². The van der Waals surface area contributed by atoms with Crippen LogP contribution in [0.25, 0.3) is 0 Å². The average molecular weight is 438 g/mol. The van der Waals surface area contributed by atoms with Gasteiger partial charge >= 0.3 is 0 Å². The van der Waals surface area contributed by atoms with E-state index in [0.29, 0.717) is 5.75 Å². The molecule has 0 fully saturated rings. The molecule has 0 heterocycles. The first-order valence-corrected chi connectivity index (χ1v) is 11.1. The maximum absolute atomic E-state index is 12.8. The molecule has 29 heavy (non-hydrogen) atoms. The molecule has 156 valence electrons.